The molecule has 1 aromatic rings. The van der Waals surface area contributed by atoms with Crippen molar-refractivity contribution in [3.63, 3.8) is 0 Å². The molecule has 1 N–H and O–H groups in total. The molecule has 112 valence electrons. The second-order valence-corrected chi connectivity index (χ2v) is 5.90. The van der Waals surface area contributed by atoms with Crippen molar-refractivity contribution >= 4 is 0 Å². The molecular weight excluding hydrogens is 251 g/mol. The maximum absolute atomic E-state index is 13.4. The van der Waals surface area contributed by atoms with Crippen molar-refractivity contribution in [1.82, 2.24) is 10.2 Å². The molecule has 0 spiro atoms. The molecule has 3 heteroatoms. The highest BCUT2D eigenvalue weighted by Crippen LogP contribution is 2.21. The predicted octanol–water partition coefficient (Wildman–Crippen LogP) is 3.49. The monoisotopic (exact) mass is 278 g/mol. The Morgan fingerprint density at radius 3 is 3.00 bits per heavy atom. The first-order chi connectivity index (χ1) is 9.70. The lowest BCUT2D eigenvalue weighted by molar-refractivity contribution is 0.137. The molecule has 1 unspecified atom stereocenters. The van der Waals surface area contributed by atoms with Crippen molar-refractivity contribution in [2.24, 2.45) is 0 Å². The first-order valence-corrected chi connectivity index (χ1v) is 7.90. The zero-order chi connectivity index (χ0) is 14.4. The summed E-state index contributed by atoms with van der Waals surface area (Å²) in [7, 11) is 0. The summed E-state index contributed by atoms with van der Waals surface area (Å²) < 4.78 is 13.4. The van der Waals surface area contributed by atoms with Crippen molar-refractivity contribution in [1.29, 1.82) is 0 Å². The van der Waals surface area contributed by atoms with E-state index in [1.54, 1.807) is 12.1 Å². The van der Waals surface area contributed by atoms with Crippen LogP contribution in [-0.2, 0) is 6.54 Å². The second-order valence-electron chi connectivity index (χ2n) is 5.90. The third-order valence-electron chi connectivity index (χ3n) is 4.24. The van der Waals surface area contributed by atoms with Gasteiger partial charge in [0.15, 0.2) is 0 Å². The van der Waals surface area contributed by atoms with Crippen molar-refractivity contribution in [3.05, 3.63) is 35.1 Å². The highest BCUT2D eigenvalue weighted by atomic mass is 19.1. The fourth-order valence-corrected chi connectivity index (χ4v) is 2.97. The maximum Gasteiger partial charge on any atom is 0.123 e. The Hall–Kier alpha value is -0.930. The normalized spacial score (nSPS) is 20.2. The average Bonchev–Trinajstić information content (AvgIpc) is 2.45. The highest BCUT2D eigenvalue weighted by molar-refractivity contribution is 5.26. The molecule has 1 fully saturated rings. The number of rotatable bonds is 6. The topological polar surface area (TPSA) is 15.3 Å². The van der Waals surface area contributed by atoms with E-state index in [1.165, 1.54) is 31.2 Å². The third kappa shape index (κ3) is 4.29. The van der Waals surface area contributed by atoms with Crippen LogP contribution in [0.25, 0.3) is 0 Å². The molecule has 2 rings (SSSR count). The molecule has 1 heterocycles. The van der Waals surface area contributed by atoms with Crippen molar-refractivity contribution in [2.75, 3.05) is 19.6 Å². The molecule has 0 saturated carbocycles. The van der Waals surface area contributed by atoms with Gasteiger partial charge in [-0.15, -0.1) is 0 Å². The van der Waals surface area contributed by atoms with Gasteiger partial charge in [-0.05, 0) is 62.5 Å². The Kier molecular flexibility index (Phi) is 5.99. The average molecular weight is 278 g/mol. The molecule has 2 nitrogen and oxygen atoms in total. The van der Waals surface area contributed by atoms with Crippen LogP contribution in [0.4, 0.5) is 4.39 Å². The fourth-order valence-electron chi connectivity index (χ4n) is 2.97. The summed E-state index contributed by atoms with van der Waals surface area (Å²) in [4.78, 5) is 2.52. The quantitative estimate of drug-likeness (QED) is 0.801. The molecule has 0 bridgehead atoms. The molecule has 1 aliphatic rings. The van der Waals surface area contributed by atoms with E-state index in [2.05, 4.69) is 24.1 Å². The smallest absolute Gasteiger partial charge is 0.123 e. The molecular formula is C17H27FN2. The number of halogens is 1. The van der Waals surface area contributed by atoms with E-state index in [1.807, 2.05) is 6.07 Å². The lowest BCUT2D eigenvalue weighted by Crippen LogP contribution is -2.45. The second kappa shape index (κ2) is 7.75. The van der Waals surface area contributed by atoms with Gasteiger partial charge >= 0.3 is 0 Å². The number of hydrogen-bond acceptors (Lipinski definition) is 2. The molecule has 0 aromatic heterocycles. The van der Waals surface area contributed by atoms with Crippen LogP contribution in [0.15, 0.2) is 18.2 Å². The molecule has 0 amide bonds. The summed E-state index contributed by atoms with van der Waals surface area (Å²) in [6, 6.07) is 5.73. The van der Waals surface area contributed by atoms with Gasteiger partial charge in [-0.25, -0.2) is 4.39 Å². The van der Waals surface area contributed by atoms with Gasteiger partial charge in [0.25, 0.3) is 0 Å². The fraction of sp³-hybridized carbons (Fsp3) is 0.647. The zero-order valence-electron chi connectivity index (χ0n) is 12.8. The van der Waals surface area contributed by atoms with Crippen molar-refractivity contribution < 1.29 is 4.39 Å². The Balaban J connectivity index is 1.98. The lowest BCUT2D eigenvalue weighted by atomic mass is 10.00. The van der Waals surface area contributed by atoms with E-state index in [4.69, 9.17) is 0 Å². The number of nitrogens with zero attached hydrogens (tertiary/aromatic N) is 1. The van der Waals surface area contributed by atoms with Crippen LogP contribution in [0.5, 0.6) is 0 Å². The summed E-state index contributed by atoms with van der Waals surface area (Å²) in [5.41, 5.74) is 2.32. The Bertz CT molecular complexity index is 419. The number of hydrogen-bond donors (Lipinski definition) is 1. The van der Waals surface area contributed by atoms with Gasteiger partial charge in [0, 0.05) is 19.1 Å². The van der Waals surface area contributed by atoms with Crippen LogP contribution in [0.2, 0.25) is 0 Å². The van der Waals surface area contributed by atoms with Crippen LogP contribution < -0.4 is 5.32 Å². The Morgan fingerprint density at radius 1 is 1.35 bits per heavy atom. The number of aryl methyl sites for hydroxylation is 1. The van der Waals surface area contributed by atoms with Crippen molar-refractivity contribution in [3.8, 4) is 0 Å². The van der Waals surface area contributed by atoms with E-state index in [9.17, 15) is 4.39 Å². The maximum atomic E-state index is 13.4. The van der Waals surface area contributed by atoms with E-state index in [0.29, 0.717) is 6.04 Å². The Labute approximate surface area is 122 Å². The highest BCUT2D eigenvalue weighted by Gasteiger charge is 2.22. The minimum atomic E-state index is -0.122. The molecule has 20 heavy (non-hydrogen) atoms. The number of nitrogens with one attached hydrogen (secondary N) is 1. The number of piperidine rings is 1. The SMILES string of the molecule is CCCNCC1CCCCN1Cc1cc(F)ccc1C. The largest absolute Gasteiger partial charge is 0.315 e. The van der Waals surface area contributed by atoms with E-state index in [0.717, 1.165) is 31.7 Å². The molecule has 1 aliphatic heterocycles. The van der Waals surface area contributed by atoms with E-state index >= 15 is 0 Å². The molecule has 1 atom stereocenters. The molecule has 0 radical (unpaired) electrons. The molecule has 0 aliphatic carbocycles. The van der Waals surface area contributed by atoms with E-state index in [-0.39, 0.29) is 5.82 Å². The van der Waals surface area contributed by atoms with Gasteiger partial charge in [0.1, 0.15) is 5.82 Å². The summed E-state index contributed by atoms with van der Waals surface area (Å²) in [6.45, 7) is 8.42. The first-order valence-electron chi connectivity index (χ1n) is 7.90. The summed E-state index contributed by atoms with van der Waals surface area (Å²) >= 11 is 0. The standard InChI is InChI=1S/C17H27FN2/c1-3-9-19-12-17-6-4-5-10-20(17)13-15-11-16(18)8-7-14(15)2/h7-8,11,17,19H,3-6,9-10,12-13H2,1-2H3. The van der Waals surface area contributed by atoms with Gasteiger partial charge in [-0.1, -0.05) is 19.4 Å². The minimum absolute atomic E-state index is 0.122. The van der Waals surface area contributed by atoms with Crippen LogP contribution in [-0.4, -0.2) is 30.6 Å². The summed E-state index contributed by atoms with van der Waals surface area (Å²) in [5.74, 6) is -0.122. The summed E-state index contributed by atoms with van der Waals surface area (Å²) in [5, 5.41) is 3.53. The van der Waals surface area contributed by atoms with Crippen LogP contribution in [0.1, 0.15) is 43.7 Å². The van der Waals surface area contributed by atoms with Gasteiger partial charge < -0.3 is 5.32 Å². The first kappa shape index (κ1) is 15.5. The van der Waals surface area contributed by atoms with Gasteiger partial charge in [0.2, 0.25) is 0 Å². The lowest BCUT2D eigenvalue weighted by Gasteiger charge is -2.36. The van der Waals surface area contributed by atoms with E-state index < -0.39 is 0 Å². The van der Waals surface area contributed by atoms with Crippen molar-refractivity contribution in [2.45, 2.75) is 52.1 Å². The number of benzene rings is 1. The number of likely N-dealkylation sites (tertiary alicyclic amines) is 1. The van der Waals surface area contributed by atoms with Gasteiger partial charge in [-0.3, -0.25) is 4.90 Å². The van der Waals surface area contributed by atoms with Gasteiger partial charge in [0.05, 0.1) is 0 Å². The zero-order valence-corrected chi connectivity index (χ0v) is 12.8. The van der Waals surface area contributed by atoms with Crippen LogP contribution >= 0.6 is 0 Å². The minimum Gasteiger partial charge on any atom is -0.315 e. The predicted molar refractivity (Wildman–Crippen MR) is 82.3 cm³/mol. The Morgan fingerprint density at radius 2 is 2.20 bits per heavy atom. The summed E-state index contributed by atoms with van der Waals surface area (Å²) in [6.07, 6.45) is 5.01. The molecule has 1 saturated heterocycles. The molecule has 1 aromatic carbocycles. The van der Waals surface area contributed by atoms with Crippen LogP contribution in [0, 0.1) is 12.7 Å². The van der Waals surface area contributed by atoms with Gasteiger partial charge in [-0.2, -0.15) is 0 Å². The van der Waals surface area contributed by atoms with Crippen LogP contribution in [0.3, 0.4) is 0 Å². The third-order valence-corrected chi connectivity index (χ3v) is 4.24.